The van der Waals surface area contributed by atoms with Crippen LogP contribution in [0.1, 0.15) is 42.4 Å². The molecule has 0 radical (unpaired) electrons. The van der Waals surface area contributed by atoms with Crippen molar-refractivity contribution >= 4 is 11.6 Å². The predicted octanol–water partition coefficient (Wildman–Crippen LogP) is 2.32. The van der Waals surface area contributed by atoms with Crippen molar-refractivity contribution in [2.24, 2.45) is 0 Å². The minimum Gasteiger partial charge on any atom is -0.464 e. The Balaban J connectivity index is 1.93. The summed E-state index contributed by atoms with van der Waals surface area (Å²) < 4.78 is 6.66. The lowest BCUT2D eigenvalue weighted by Crippen LogP contribution is -2.27. The lowest BCUT2D eigenvalue weighted by Gasteiger charge is -2.19. The van der Waals surface area contributed by atoms with Crippen LogP contribution >= 0.6 is 0 Å². The quantitative estimate of drug-likeness (QED) is 0.813. The van der Waals surface area contributed by atoms with E-state index in [9.17, 15) is 4.79 Å². The molecule has 5 heteroatoms. The first-order chi connectivity index (χ1) is 10.1. The van der Waals surface area contributed by atoms with Crippen LogP contribution in [-0.4, -0.2) is 46.5 Å². The number of hydrogen-bond donors (Lipinski definition) is 0. The fraction of sp³-hybridized carbons (Fsp3) is 0.500. The molecule has 0 bridgehead atoms. The Labute approximate surface area is 124 Å². The molecule has 1 unspecified atom stereocenters. The van der Waals surface area contributed by atoms with Crippen molar-refractivity contribution < 1.29 is 9.53 Å². The highest BCUT2D eigenvalue weighted by atomic mass is 16.5. The highest BCUT2D eigenvalue weighted by Crippen LogP contribution is 2.28. The monoisotopic (exact) mass is 287 g/mol. The first kappa shape index (κ1) is 14.1. The van der Waals surface area contributed by atoms with Gasteiger partial charge in [0.2, 0.25) is 0 Å². The Bertz CT molecular complexity index is 663. The molecule has 0 aliphatic carbocycles. The van der Waals surface area contributed by atoms with E-state index in [1.165, 1.54) is 7.11 Å². The standard InChI is InChI=1S/C16H21N3O2/c1-11(2)18-8-7-12(9-18)13-10-19-14(16(20)21-3)5-4-6-15(19)17-13/h4-6,10-12H,7-9H2,1-3H3. The van der Waals surface area contributed by atoms with Crippen molar-refractivity contribution in [1.29, 1.82) is 0 Å². The van der Waals surface area contributed by atoms with Gasteiger partial charge in [-0.05, 0) is 38.9 Å². The average Bonchev–Trinajstić information content (AvgIpc) is 3.11. The van der Waals surface area contributed by atoms with Gasteiger partial charge in [0.1, 0.15) is 11.3 Å². The van der Waals surface area contributed by atoms with Gasteiger partial charge in [0.05, 0.1) is 12.8 Å². The lowest BCUT2D eigenvalue weighted by molar-refractivity contribution is 0.0592. The number of aromatic nitrogens is 2. The van der Waals surface area contributed by atoms with Crippen LogP contribution in [0.5, 0.6) is 0 Å². The van der Waals surface area contributed by atoms with E-state index in [-0.39, 0.29) is 5.97 Å². The minimum absolute atomic E-state index is 0.334. The van der Waals surface area contributed by atoms with Crippen molar-refractivity contribution in [3.05, 3.63) is 35.8 Å². The van der Waals surface area contributed by atoms with Gasteiger partial charge < -0.3 is 9.64 Å². The summed E-state index contributed by atoms with van der Waals surface area (Å²) in [5, 5.41) is 0. The van der Waals surface area contributed by atoms with Crippen LogP contribution < -0.4 is 0 Å². The zero-order valence-corrected chi connectivity index (χ0v) is 12.7. The van der Waals surface area contributed by atoms with Gasteiger partial charge in [0.25, 0.3) is 0 Å². The van der Waals surface area contributed by atoms with E-state index in [4.69, 9.17) is 9.72 Å². The molecule has 2 aromatic heterocycles. The number of nitrogens with zero attached hydrogens (tertiary/aromatic N) is 3. The van der Waals surface area contributed by atoms with Gasteiger partial charge in [-0.1, -0.05) is 6.07 Å². The fourth-order valence-electron chi connectivity index (χ4n) is 2.99. The number of likely N-dealkylation sites (tertiary alicyclic amines) is 1. The van der Waals surface area contributed by atoms with Gasteiger partial charge in [-0.25, -0.2) is 9.78 Å². The Hall–Kier alpha value is -1.88. The maximum absolute atomic E-state index is 11.8. The number of pyridine rings is 1. The number of imidazole rings is 1. The van der Waals surface area contributed by atoms with Gasteiger partial charge in [0, 0.05) is 24.7 Å². The molecule has 3 rings (SSSR count). The molecule has 0 amide bonds. The van der Waals surface area contributed by atoms with E-state index in [0.717, 1.165) is 30.9 Å². The summed E-state index contributed by atoms with van der Waals surface area (Å²) in [6, 6.07) is 6.09. The zero-order valence-electron chi connectivity index (χ0n) is 12.7. The van der Waals surface area contributed by atoms with Crippen molar-refractivity contribution in [2.45, 2.75) is 32.2 Å². The molecule has 21 heavy (non-hydrogen) atoms. The SMILES string of the molecule is COC(=O)c1cccc2nc(C3CCN(C(C)C)C3)cn12. The van der Waals surface area contributed by atoms with E-state index in [2.05, 4.69) is 18.7 Å². The maximum atomic E-state index is 11.8. The third kappa shape index (κ3) is 2.53. The van der Waals surface area contributed by atoms with Crippen LogP contribution in [0.3, 0.4) is 0 Å². The van der Waals surface area contributed by atoms with Crippen LogP contribution in [0.4, 0.5) is 0 Å². The Kier molecular flexibility index (Phi) is 3.68. The topological polar surface area (TPSA) is 46.8 Å². The summed E-state index contributed by atoms with van der Waals surface area (Å²) in [6.45, 7) is 6.60. The van der Waals surface area contributed by atoms with Crippen molar-refractivity contribution in [3.8, 4) is 0 Å². The normalized spacial score (nSPS) is 19.5. The predicted molar refractivity (Wildman–Crippen MR) is 80.6 cm³/mol. The van der Waals surface area contributed by atoms with Crippen LogP contribution in [-0.2, 0) is 4.74 Å². The third-order valence-electron chi connectivity index (χ3n) is 4.27. The van der Waals surface area contributed by atoms with E-state index in [1.807, 2.05) is 22.7 Å². The third-order valence-corrected chi connectivity index (χ3v) is 4.27. The van der Waals surface area contributed by atoms with Crippen LogP contribution in [0.25, 0.3) is 5.65 Å². The number of hydrogen-bond acceptors (Lipinski definition) is 4. The molecular formula is C16H21N3O2. The summed E-state index contributed by atoms with van der Waals surface area (Å²) in [7, 11) is 1.40. The summed E-state index contributed by atoms with van der Waals surface area (Å²) in [5.41, 5.74) is 2.39. The molecule has 1 atom stereocenters. The van der Waals surface area contributed by atoms with Gasteiger partial charge in [0.15, 0.2) is 0 Å². The summed E-state index contributed by atoms with van der Waals surface area (Å²) >= 11 is 0. The summed E-state index contributed by atoms with van der Waals surface area (Å²) in [6.07, 6.45) is 3.10. The van der Waals surface area contributed by atoms with E-state index in [1.54, 1.807) is 6.07 Å². The van der Waals surface area contributed by atoms with Gasteiger partial charge in [-0.2, -0.15) is 0 Å². The van der Waals surface area contributed by atoms with Crippen molar-refractivity contribution in [1.82, 2.24) is 14.3 Å². The smallest absolute Gasteiger partial charge is 0.355 e. The van der Waals surface area contributed by atoms with Gasteiger partial charge in [-0.15, -0.1) is 0 Å². The highest BCUT2D eigenvalue weighted by Gasteiger charge is 2.27. The molecule has 2 aromatic rings. The molecule has 3 heterocycles. The molecule has 0 spiro atoms. The number of rotatable bonds is 3. The number of carbonyl (C=O) groups excluding carboxylic acids is 1. The first-order valence-electron chi connectivity index (χ1n) is 7.40. The molecule has 1 saturated heterocycles. The molecule has 112 valence electrons. The summed E-state index contributed by atoms with van der Waals surface area (Å²) in [4.78, 5) is 19.0. The Morgan fingerprint density at radius 1 is 1.43 bits per heavy atom. The molecule has 0 aromatic carbocycles. The number of fused-ring (bicyclic) bond motifs is 1. The molecular weight excluding hydrogens is 266 g/mol. The van der Waals surface area contributed by atoms with Crippen LogP contribution in [0.2, 0.25) is 0 Å². The summed E-state index contributed by atoms with van der Waals surface area (Å²) in [5.74, 6) is 0.109. The van der Waals surface area contributed by atoms with E-state index < -0.39 is 0 Å². The minimum atomic E-state index is -0.334. The molecule has 0 saturated carbocycles. The molecule has 5 nitrogen and oxygen atoms in total. The second kappa shape index (κ2) is 5.48. The lowest BCUT2D eigenvalue weighted by atomic mass is 10.1. The number of ether oxygens (including phenoxy) is 1. The number of esters is 1. The molecule has 1 fully saturated rings. The number of carbonyl (C=O) groups is 1. The molecule has 1 aliphatic heterocycles. The van der Waals surface area contributed by atoms with Crippen LogP contribution in [0.15, 0.2) is 24.4 Å². The number of methoxy groups -OCH3 is 1. The van der Waals surface area contributed by atoms with Crippen molar-refractivity contribution in [2.75, 3.05) is 20.2 Å². The van der Waals surface area contributed by atoms with Crippen molar-refractivity contribution in [3.63, 3.8) is 0 Å². The molecule has 1 aliphatic rings. The zero-order chi connectivity index (χ0) is 15.0. The second-order valence-corrected chi connectivity index (χ2v) is 5.87. The second-order valence-electron chi connectivity index (χ2n) is 5.87. The van der Waals surface area contributed by atoms with Gasteiger partial charge >= 0.3 is 5.97 Å². The Morgan fingerprint density at radius 3 is 2.90 bits per heavy atom. The first-order valence-corrected chi connectivity index (χ1v) is 7.40. The molecule has 0 N–H and O–H groups in total. The maximum Gasteiger partial charge on any atom is 0.355 e. The highest BCUT2D eigenvalue weighted by molar-refractivity contribution is 5.88. The van der Waals surface area contributed by atoms with Gasteiger partial charge in [-0.3, -0.25) is 4.40 Å². The van der Waals surface area contributed by atoms with E-state index in [0.29, 0.717) is 17.7 Å². The largest absolute Gasteiger partial charge is 0.464 e. The average molecular weight is 287 g/mol. The van der Waals surface area contributed by atoms with Crippen LogP contribution in [0, 0.1) is 0 Å². The fourth-order valence-corrected chi connectivity index (χ4v) is 2.99. The Morgan fingerprint density at radius 2 is 2.24 bits per heavy atom. The van der Waals surface area contributed by atoms with E-state index >= 15 is 0 Å².